The predicted molar refractivity (Wildman–Crippen MR) is 64.3 cm³/mol. The highest BCUT2D eigenvalue weighted by Gasteiger charge is 2.26. The van der Waals surface area contributed by atoms with Crippen molar-refractivity contribution in [1.82, 2.24) is 4.90 Å². The van der Waals surface area contributed by atoms with Gasteiger partial charge in [-0.05, 0) is 19.8 Å². The lowest BCUT2D eigenvalue weighted by Crippen LogP contribution is -2.43. The Labute approximate surface area is 106 Å². The molecule has 0 unspecified atom stereocenters. The second-order valence-electron chi connectivity index (χ2n) is 4.17. The molecule has 1 fully saturated rings. The number of carbonyl (C=O) groups excluding carboxylic acids is 3. The van der Waals surface area contributed by atoms with Crippen LogP contribution in [0, 0.1) is 5.92 Å². The molecular formula is C12H18N2O4. The molecule has 18 heavy (non-hydrogen) atoms. The van der Waals surface area contributed by atoms with E-state index in [9.17, 15) is 14.4 Å². The summed E-state index contributed by atoms with van der Waals surface area (Å²) >= 11 is 0. The molecule has 6 heteroatoms. The number of primary amides is 1. The molecule has 1 aliphatic heterocycles. The van der Waals surface area contributed by atoms with Crippen molar-refractivity contribution < 1.29 is 19.1 Å². The van der Waals surface area contributed by atoms with Crippen LogP contribution >= 0.6 is 0 Å². The van der Waals surface area contributed by atoms with Gasteiger partial charge in [-0.15, -0.1) is 0 Å². The van der Waals surface area contributed by atoms with E-state index in [0.717, 1.165) is 0 Å². The minimum absolute atomic E-state index is 0.153. The smallest absolute Gasteiger partial charge is 0.330 e. The van der Waals surface area contributed by atoms with Crippen LogP contribution in [-0.2, 0) is 19.1 Å². The largest absolute Gasteiger partial charge is 0.452 e. The summed E-state index contributed by atoms with van der Waals surface area (Å²) in [6.07, 6.45) is 3.95. The van der Waals surface area contributed by atoms with Crippen LogP contribution in [0.25, 0.3) is 0 Å². The summed E-state index contributed by atoms with van der Waals surface area (Å²) in [5.41, 5.74) is 5.20. The Morgan fingerprint density at radius 1 is 1.33 bits per heavy atom. The number of hydrogen-bond donors (Lipinski definition) is 1. The van der Waals surface area contributed by atoms with Gasteiger partial charge in [-0.25, -0.2) is 4.79 Å². The van der Waals surface area contributed by atoms with Gasteiger partial charge in [-0.2, -0.15) is 0 Å². The molecule has 0 atom stereocenters. The zero-order chi connectivity index (χ0) is 13.5. The Kier molecular flexibility index (Phi) is 5.35. The molecule has 0 aromatic heterocycles. The van der Waals surface area contributed by atoms with Crippen LogP contribution in [0.15, 0.2) is 12.2 Å². The molecule has 6 nitrogen and oxygen atoms in total. The van der Waals surface area contributed by atoms with E-state index < -0.39 is 5.97 Å². The quantitative estimate of drug-likeness (QED) is 0.557. The van der Waals surface area contributed by atoms with Crippen molar-refractivity contribution in [3.63, 3.8) is 0 Å². The number of piperidine rings is 1. The van der Waals surface area contributed by atoms with Crippen LogP contribution in [-0.4, -0.2) is 42.4 Å². The number of nitrogens with two attached hydrogens (primary N) is 1. The lowest BCUT2D eigenvalue weighted by atomic mass is 9.96. The highest BCUT2D eigenvalue weighted by molar-refractivity contribution is 5.85. The lowest BCUT2D eigenvalue weighted by Gasteiger charge is -2.30. The van der Waals surface area contributed by atoms with Crippen molar-refractivity contribution >= 4 is 17.8 Å². The summed E-state index contributed by atoms with van der Waals surface area (Å²) in [4.78, 5) is 35.3. The molecule has 0 saturated carbocycles. The summed E-state index contributed by atoms with van der Waals surface area (Å²) in [6.45, 7) is 2.39. The average molecular weight is 254 g/mol. The molecule has 0 radical (unpaired) electrons. The summed E-state index contributed by atoms with van der Waals surface area (Å²) in [5, 5.41) is 0. The number of carbonyl (C=O) groups is 3. The number of nitrogens with zero attached hydrogens (tertiary/aromatic N) is 1. The number of ether oxygens (including phenoxy) is 1. The molecule has 100 valence electrons. The van der Waals surface area contributed by atoms with Crippen LogP contribution in [0.5, 0.6) is 0 Å². The first-order chi connectivity index (χ1) is 8.54. The fourth-order valence-electron chi connectivity index (χ4n) is 1.82. The summed E-state index contributed by atoms with van der Waals surface area (Å²) in [6, 6.07) is 0. The monoisotopic (exact) mass is 254 g/mol. The molecule has 0 bridgehead atoms. The molecule has 0 aliphatic carbocycles. The first-order valence-corrected chi connectivity index (χ1v) is 5.91. The van der Waals surface area contributed by atoms with Gasteiger partial charge in [0, 0.05) is 25.1 Å². The Hall–Kier alpha value is -1.85. The molecule has 0 aromatic rings. The minimum Gasteiger partial charge on any atom is -0.452 e. The van der Waals surface area contributed by atoms with Crippen LogP contribution in [0.1, 0.15) is 19.8 Å². The Morgan fingerprint density at radius 2 is 1.94 bits per heavy atom. The standard InChI is InChI=1S/C12H18N2O4/c1-2-3-11(16)18-8-10(15)14-6-4-9(5-7-14)12(13)17/h2-3,9H,4-8H2,1H3,(H2,13,17)/b3-2+. The summed E-state index contributed by atoms with van der Waals surface area (Å²) < 4.78 is 4.76. The van der Waals surface area contributed by atoms with Gasteiger partial charge in [0.25, 0.3) is 5.91 Å². The topological polar surface area (TPSA) is 89.7 Å². The zero-order valence-electron chi connectivity index (χ0n) is 10.4. The van der Waals surface area contributed by atoms with Crippen molar-refractivity contribution in [2.75, 3.05) is 19.7 Å². The van der Waals surface area contributed by atoms with Crippen LogP contribution in [0.2, 0.25) is 0 Å². The third-order valence-corrected chi connectivity index (χ3v) is 2.89. The van der Waals surface area contributed by atoms with E-state index in [4.69, 9.17) is 10.5 Å². The third kappa shape index (κ3) is 4.20. The fraction of sp³-hybridized carbons (Fsp3) is 0.583. The van der Waals surface area contributed by atoms with E-state index in [-0.39, 0.29) is 24.3 Å². The molecule has 2 amide bonds. The number of hydrogen-bond acceptors (Lipinski definition) is 4. The highest BCUT2D eigenvalue weighted by atomic mass is 16.5. The number of rotatable bonds is 4. The molecule has 2 N–H and O–H groups in total. The van der Waals surface area contributed by atoms with E-state index in [1.807, 2.05) is 0 Å². The normalized spacial score (nSPS) is 16.8. The van der Waals surface area contributed by atoms with Crippen molar-refractivity contribution in [3.8, 4) is 0 Å². The number of likely N-dealkylation sites (tertiary alicyclic amines) is 1. The zero-order valence-corrected chi connectivity index (χ0v) is 10.4. The molecule has 1 saturated heterocycles. The molecule has 1 aliphatic rings. The summed E-state index contributed by atoms with van der Waals surface area (Å²) in [7, 11) is 0. The first kappa shape index (κ1) is 14.2. The van der Waals surface area contributed by atoms with E-state index in [1.54, 1.807) is 17.9 Å². The molecule has 1 heterocycles. The first-order valence-electron chi connectivity index (χ1n) is 5.91. The number of esters is 1. The maximum Gasteiger partial charge on any atom is 0.330 e. The minimum atomic E-state index is -0.530. The van der Waals surface area contributed by atoms with Gasteiger partial charge in [0.1, 0.15) is 0 Å². The van der Waals surface area contributed by atoms with E-state index in [2.05, 4.69) is 0 Å². The SMILES string of the molecule is C/C=C/C(=O)OCC(=O)N1CCC(C(N)=O)CC1. The second-order valence-corrected chi connectivity index (χ2v) is 4.17. The molecule has 1 rings (SSSR count). The predicted octanol–water partition coefficient (Wildman–Crippen LogP) is -0.170. The maximum absolute atomic E-state index is 11.7. The Morgan fingerprint density at radius 3 is 2.44 bits per heavy atom. The van der Waals surface area contributed by atoms with Crippen LogP contribution < -0.4 is 5.73 Å². The van der Waals surface area contributed by atoms with E-state index in [0.29, 0.717) is 25.9 Å². The van der Waals surface area contributed by atoms with Crippen molar-refractivity contribution in [2.24, 2.45) is 11.7 Å². The van der Waals surface area contributed by atoms with Gasteiger partial charge >= 0.3 is 5.97 Å². The lowest BCUT2D eigenvalue weighted by molar-refractivity contribution is -0.149. The molecule has 0 aromatic carbocycles. The average Bonchev–Trinajstić information content (AvgIpc) is 2.36. The number of amides is 2. The summed E-state index contributed by atoms with van der Waals surface area (Å²) in [5.74, 6) is -1.24. The van der Waals surface area contributed by atoms with Crippen molar-refractivity contribution in [3.05, 3.63) is 12.2 Å². The van der Waals surface area contributed by atoms with Gasteiger partial charge in [-0.3, -0.25) is 9.59 Å². The van der Waals surface area contributed by atoms with Crippen molar-refractivity contribution in [2.45, 2.75) is 19.8 Å². The Bertz CT molecular complexity index is 357. The van der Waals surface area contributed by atoms with Gasteiger partial charge in [0.15, 0.2) is 6.61 Å². The third-order valence-electron chi connectivity index (χ3n) is 2.89. The van der Waals surface area contributed by atoms with E-state index >= 15 is 0 Å². The second kappa shape index (κ2) is 6.78. The highest BCUT2D eigenvalue weighted by Crippen LogP contribution is 2.16. The van der Waals surface area contributed by atoms with Crippen LogP contribution in [0.3, 0.4) is 0 Å². The van der Waals surface area contributed by atoms with Gasteiger partial charge < -0.3 is 15.4 Å². The van der Waals surface area contributed by atoms with E-state index in [1.165, 1.54) is 6.08 Å². The molecular weight excluding hydrogens is 236 g/mol. The number of allylic oxidation sites excluding steroid dienone is 1. The molecule has 0 spiro atoms. The fourth-order valence-corrected chi connectivity index (χ4v) is 1.82. The maximum atomic E-state index is 11.7. The van der Waals surface area contributed by atoms with Gasteiger partial charge in [-0.1, -0.05) is 6.08 Å². The van der Waals surface area contributed by atoms with Crippen molar-refractivity contribution in [1.29, 1.82) is 0 Å². The van der Waals surface area contributed by atoms with Crippen LogP contribution in [0.4, 0.5) is 0 Å². The van der Waals surface area contributed by atoms with Gasteiger partial charge in [0.2, 0.25) is 5.91 Å². The van der Waals surface area contributed by atoms with Gasteiger partial charge in [0.05, 0.1) is 0 Å². The Balaban J connectivity index is 2.32.